The lowest BCUT2D eigenvalue weighted by atomic mass is 10.2. The highest BCUT2D eigenvalue weighted by Gasteiger charge is 2.02. The summed E-state index contributed by atoms with van der Waals surface area (Å²) < 4.78 is 2.25. The minimum atomic E-state index is 0. The van der Waals surface area contributed by atoms with Crippen LogP contribution in [0.1, 0.15) is 6.92 Å². The number of hydrogen-bond donors (Lipinski definition) is 0. The van der Waals surface area contributed by atoms with E-state index in [1.54, 1.807) is 0 Å². The zero-order valence-electron chi connectivity index (χ0n) is 7.60. The Bertz CT molecular complexity index is 393. The normalized spacial score (nSPS) is 9.62. The lowest BCUT2D eigenvalue weighted by Gasteiger charge is -1.96. The molecular formula is C11H13IN+. The maximum Gasteiger partial charge on any atom is 0.212 e. The highest BCUT2D eigenvalue weighted by atomic mass is 127. The van der Waals surface area contributed by atoms with Crippen molar-refractivity contribution in [3.8, 4) is 0 Å². The summed E-state index contributed by atoms with van der Waals surface area (Å²) in [5, 5.41) is 1.31. The van der Waals surface area contributed by atoms with Gasteiger partial charge in [0, 0.05) is 17.5 Å². The number of rotatable bonds is 1. The molecule has 1 heterocycles. The van der Waals surface area contributed by atoms with Crippen LogP contribution >= 0.6 is 24.0 Å². The average molecular weight is 286 g/mol. The first-order valence-electron chi connectivity index (χ1n) is 4.29. The Labute approximate surface area is 95.4 Å². The van der Waals surface area contributed by atoms with Crippen molar-refractivity contribution in [3.63, 3.8) is 0 Å². The van der Waals surface area contributed by atoms with Crippen LogP contribution in [0.4, 0.5) is 0 Å². The standard InChI is InChI=1S/C11H12N.HI/c1-2-12-9-5-7-10-6-3-4-8-11(10)12;/h3-9H,2H2,1H3;1H/q+1;. The minimum Gasteiger partial charge on any atom is -0.199 e. The van der Waals surface area contributed by atoms with Crippen LogP contribution in [0.15, 0.2) is 42.6 Å². The van der Waals surface area contributed by atoms with E-state index in [9.17, 15) is 0 Å². The molecule has 0 bridgehead atoms. The molecule has 2 heteroatoms. The van der Waals surface area contributed by atoms with Gasteiger partial charge in [-0.2, -0.15) is 4.57 Å². The van der Waals surface area contributed by atoms with Crippen LogP contribution in [0.2, 0.25) is 0 Å². The number of pyridine rings is 1. The van der Waals surface area contributed by atoms with Crippen molar-refractivity contribution in [1.82, 2.24) is 0 Å². The van der Waals surface area contributed by atoms with E-state index >= 15 is 0 Å². The van der Waals surface area contributed by atoms with Gasteiger partial charge < -0.3 is 0 Å². The Morgan fingerprint density at radius 3 is 2.54 bits per heavy atom. The first-order valence-corrected chi connectivity index (χ1v) is 4.29. The molecule has 68 valence electrons. The Balaban J connectivity index is 0.000000845. The monoisotopic (exact) mass is 286 g/mol. The van der Waals surface area contributed by atoms with Gasteiger partial charge in [0.2, 0.25) is 5.52 Å². The van der Waals surface area contributed by atoms with Gasteiger partial charge in [-0.1, -0.05) is 12.1 Å². The number of halogens is 1. The number of aryl methyl sites for hydroxylation is 1. The number of nitrogens with zero attached hydrogens (tertiary/aromatic N) is 1. The van der Waals surface area contributed by atoms with Gasteiger partial charge in [-0.3, -0.25) is 0 Å². The van der Waals surface area contributed by atoms with Gasteiger partial charge in [-0.15, -0.1) is 24.0 Å². The second-order valence-electron chi connectivity index (χ2n) is 2.85. The highest BCUT2D eigenvalue weighted by molar-refractivity contribution is 14.0. The predicted molar refractivity (Wildman–Crippen MR) is 65.2 cm³/mol. The summed E-state index contributed by atoms with van der Waals surface area (Å²) in [4.78, 5) is 0. The molecule has 0 saturated carbocycles. The first-order chi connectivity index (χ1) is 5.92. The van der Waals surface area contributed by atoms with Gasteiger partial charge in [-0.25, -0.2) is 0 Å². The lowest BCUT2D eigenvalue weighted by Crippen LogP contribution is -2.32. The van der Waals surface area contributed by atoms with E-state index in [2.05, 4.69) is 54.1 Å². The first kappa shape index (κ1) is 10.4. The van der Waals surface area contributed by atoms with Gasteiger partial charge in [0.25, 0.3) is 0 Å². The van der Waals surface area contributed by atoms with Crippen LogP contribution in [0.3, 0.4) is 0 Å². The van der Waals surface area contributed by atoms with E-state index in [0.29, 0.717) is 0 Å². The zero-order chi connectivity index (χ0) is 8.39. The van der Waals surface area contributed by atoms with E-state index in [1.807, 2.05) is 0 Å². The molecule has 0 amide bonds. The molecule has 0 saturated heterocycles. The lowest BCUT2D eigenvalue weighted by molar-refractivity contribution is -0.667. The topological polar surface area (TPSA) is 3.88 Å². The summed E-state index contributed by atoms with van der Waals surface area (Å²) in [5.41, 5.74) is 1.31. The quantitative estimate of drug-likeness (QED) is 0.560. The van der Waals surface area contributed by atoms with Gasteiger partial charge in [0.05, 0.1) is 0 Å². The predicted octanol–water partition coefficient (Wildman–Crippen LogP) is 2.77. The van der Waals surface area contributed by atoms with E-state index in [-0.39, 0.29) is 24.0 Å². The average Bonchev–Trinajstić information content (AvgIpc) is 2.17. The van der Waals surface area contributed by atoms with Crippen LogP contribution < -0.4 is 4.57 Å². The number of fused-ring (bicyclic) bond motifs is 1. The Morgan fingerprint density at radius 2 is 1.77 bits per heavy atom. The summed E-state index contributed by atoms with van der Waals surface area (Å²) >= 11 is 0. The number of benzene rings is 1. The molecule has 0 unspecified atom stereocenters. The largest absolute Gasteiger partial charge is 0.212 e. The van der Waals surface area contributed by atoms with Crippen LogP contribution in [0.25, 0.3) is 10.9 Å². The molecule has 0 fully saturated rings. The minimum absolute atomic E-state index is 0. The molecule has 0 aliphatic rings. The van der Waals surface area contributed by atoms with E-state index in [4.69, 9.17) is 0 Å². The van der Waals surface area contributed by atoms with Crippen molar-refractivity contribution < 1.29 is 4.57 Å². The highest BCUT2D eigenvalue weighted by Crippen LogP contribution is 2.07. The number of hydrogen-bond acceptors (Lipinski definition) is 0. The van der Waals surface area contributed by atoms with Crippen LogP contribution in [0, 0.1) is 0 Å². The molecule has 0 radical (unpaired) electrons. The van der Waals surface area contributed by atoms with E-state index in [0.717, 1.165) is 6.54 Å². The van der Waals surface area contributed by atoms with Gasteiger partial charge >= 0.3 is 0 Å². The second-order valence-corrected chi connectivity index (χ2v) is 2.85. The smallest absolute Gasteiger partial charge is 0.199 e. The fraction of sp³-hybridized carbons (Fsp3) is 0.182. The molecule has 2 rings (SSSR count). The summed E-state index contributed by atoms with van der Waals surface area (Å²) in [6, 6.07) is 12.7. The van der Waals surface area contributed by atoms with Crippen molar-refractivity contribution in [2.45, 2.75) is 13.5 Å². The van der Waals surface area contributed by atoms with Crippen LogP contribution in [0.5, 0.6) is 0 Å². The van der Waals surface area contributed by atoms with Crippen molar-refractivity contribution in [2.75, 3.05) is 0 Å². The summed E-state index contributed by atoms with van der Waals surface area (Å²) in [6.07, 6.45) is 2.11. The molecule has 0 spiro atoms. The molecule has 1 aromatic carbocycles. The molecule has 0 N–H and O–H groups in total. The summed E-state index contributed by atoms with van der Waals surface area (Å²) in [7, 11) is 0. The molecular weight excluding hydrogens is 273 g/mol. The van der Waals surface area contributed by atoms with Crippen molar-refractivity contribution >= 4 is 34.9 Å². The van der Waals surface area contributed by atoms with E-state index in [1.165, 1.54) is 10.9 Å². The Kier molecular flexibility index (Phi) is 3.66. The molecule has 1 aromatic heterocycles. The molecule has 0 atom stereocenters. The third kappa shape index (κ3) is 1.99. The Morgan fingerprint density at radius 1 is 1.08 bits per heavy atom. The third-order valence-electron chi connectivity index (χ3n) is 2.13. The van der Waals surface area contributed by atoms with Crippen LogP contribution in [-0.2, 0) is 6.54 Å². The maximum atomic E-state index is 2.25. The molecule has 13 heavy (non-hydrogen) atoms. The van der Waals surface area contributed by atoms with Gasteiger partial charge in [0.15, 0.2) is 6.20 Å². The third-order valence-corrected chi connectivity index (χ3v) is 2.13. The molecule has 0 aliphatic carbocycles. The maximum absolute atomic E-state index is 2.25. The fourth-order valence-corrected chi connectivity index (χ4v) is 1.50. The summed E-state index contributed by atoms with van der Waals surface area (Å²) in [5.74, 6) is 0. The second kappa shape index (κ2) is 4.56. The van der Waals surface area contributed by atoms with Gasteiger partial charge in [-0.05, 0) is 19.1 Å². The molecule has 1 nitrogen and oxygen atoms in total. The molecule has 0 aliphatic heterocycles. The van der Waals surface area contributed by atoms with Crippen molar-refractivity contribution in [2.24, 2.45) is 0 Å². The van der Waals surface area contributed by atoms with Crippen LogP contribution in [-0.4, -0.2) is 0 Å². The van der Waals surface area contributed by atoms with Crippen molar-refractivity contribution in [1.29, 1.82) is 0 Å². The number of aromatic nitrogens is 1. The molecule has 2 aromatic rings. The SMILES string of the molecule is CC[n+]1cccc2ccccc21.I. The van der Waals surface area contributed by atoms with Crippen molar-refractivity contribution in [3.05, 3.63) is 42.6 Å². The number of para-hydroxylation sites is 1. The Hall–Kier alpha value is -0.640. The van der Waals surface area contributed by atoms with Gasteiger partial charge in [0.1, 0.15) is 6.54 Å². The fourth-order valence-electron chi connectivity index (χ4n) is 1.50. The van der Waals surface area contributed by atoms with E-state index < -0.39 is 0 Å². The zero-order valence-corrected chi connectivity index (χ0v) is 9.93. The summed E-state index contributed by atoms with van der Waals surface area (Å²) in [6.45, 7) is 3.19.